The zero-order valence-corrected chi connectivity index (χ0v) is 12.9. The molecular weight excluding hydrogens is 314 g/mol. The molecule has 0 radical (unpaired) electrons. The summed E-state index contributed by atoms with van der Waals surface area (Å²) in [5.41, 5.74) is 6.14. The van der Waals surface area contributed by atoms with Crippen LogP contribution in [0, 0.1) is 0 Å². The van der Waals surface area contributed by atoms with Gasteiger partial charge in [-0.2, -0.15) is 0 Å². The highest BCUT2D eigenvalue weighted by Gasteiger charge is 2.15. The van der Waals surface area contributed by atoms with Crippen molar-refractivity contribution >= 4 is 36.6 Å². The van der Waals surface area contributed by atoms with Crippen LogP contribution >= 0.6 is 0 Å². The summed E-state index contributed by atoms with van der Waals surface area (Å²) >= 11 is 0. The first-order valence-corrected chi connectivity index (χ1v) is 9.55. The number of nitrogens with one attached hydrogen (secondary N) is 1. The molecule has 0 saturated heterocycles. The van der Waals surface area contributed by atoms with Gasteiger partial charge >= 0.3 is 0 Å². The molecule has 0 fully saturated rings. The lowest BCUT2D eigenvalue weighted by atomic mass is 10.2. The molecule has 0 aliphatic rings. The number of hydrogen-bond donors (Lipinski definition) is 2. The summed E-state index contributed by atoms with van der Waals surface area (Å²) in [6.45, 7) is -0.167. The van der Waals surface area contributed by atoms with Crippen LogP contribution in [0.2, 0.25) is 0 Å². The molecule has 0 spiro atoms. The Hall–Kier alpha value is -1.71. The third kappa shape index (κ3) is 4.13. The predicted octanol–water partition coefficient (Wildman–Crippen LogP) is 0.140. The van der Waals surface area contributed by atoms with Crippen molar-refractivity contribution in [2.24, 2.45) is 0 Å². The third-order valence-corrected chi connectivity index (χ3v) is 5.16. The minimum Gasteiger partial charge on any atom is -0.384 e. The molecule has 0 aliphatic carbocycles. The summed E-state index contributed by atoms with van der Waals surface area (Å²) in [6.07, 6.45) is 1.05. The van der Waals surface area contributed by atoms with Gasteiger partial charge < -0.3 is 5.73 Å². The number of rotatable bonds is 5. The van der Waals surface area contributed by atoms with Crippen molar-refractivity contribution in [3.63, 3.8) is 0 Å². The minimum absolute atomic E-state index is 0.0510. The van der Waals surface area contributed by atoms with Gasteiger partial charge in [0.05, 0.1) is 16.2 Å². The molecule has 0 atom stereocenters. The Bertz CT molecular complexity index is 877. The van der Waals surface area contributed by atoms with E-state index in [4.69, 9.17) is 5.73 Å². The summed E-state index contributed by atoms with van der Waals surface area (Å²) < 4.78 is 48.4. The molecule has 0 aliphatic heterocycles. The molecular formula is C12H15N3O4S2. The smallest absolute Gasteiger partial charge is 0.240 e. The van der Waals surface area contributed by atoms with Gasteiger partial charge in [-0.1, -0.05) is 0 Å². The second-order valence-electron chi connectivity index (χ2n) is 4.62. The van der Waals surface area contributed by atoms with Gasteiger partial charge in [0.1, 0.15) is 15.7 Å². The molecule has 0 unspecified atom stereocenters. The number of nitrogen functional groups attached to an aromatic ring is 1. The molecule has 2 rings (SSSR count). The standard InChI is InChI=1S/C12H15N3O4S2/c1-20(16,17)7-6-14-21(18,19)10-3-4-11-9(8-10)2-5-12(13)15-11/h2-5,8,14H,6-7H2,1H3,(H2,13,15). The summed E-state index contributed by atoms with van der Waals surface area (Å²) in [4.78, 5) is 4.13. The SMILES string of the molecule is CS(=O)(=O)CCNS(=O)(=O)c1ccc2nc(N)ccc2c1. The van der Waals surface area contributed by atoms with Crippen LogP contribution in [0.15, 0.2) is 35.2 Å². The molecule has 0 saturated carbocycles. The highest BCUT2D eigenvalue weighted by Crippen LogP contribution is 2.18. The fourth-order valence-electron chi connectivity index (χ4n) is 1.73. The van der Waals surface area contributed by atoms with Crippen molar-refractivity contribution in [2.75, 3.05) is 24.3 Å². The predicted molar refractivity (Wildman–Crippen MR) is 81.1 cm³/mol. The summed E-state index contributed by atoms with van der Waals surface area (Å²) in [7, 11) is -6.98. The molecule has 1 aromatic heterocycles. The summed E-state index contributed by atoms with van der Waals surface area (Å²) in [5.74, 6) is 0.0992. The van der Waals surface area contributed by atoms with Crippen LogP contribution in [0.1, 0.15) is 0 Å². The lowest BCUT2D eigenvalue weighted by Crippen LogP contribution is -2.28. The van der Waals surface area contributed by atoms with Crippen molar-refractivity contribution < 1.29 is 16.8 Å². The zero-order chi connectivity index (χ0) is 15.7. The van der Waals surface area contributed by atoms with Gasteiger partial charge in [0.2, 0.25) is 10.0 Å². The molecule has 2 aromatic rings. The van der Waals surface area contributed by atoms with Gasteiger partial charge in [-0.05, 0) is 30.3 Å². The maximum atomic E-state index is 12.1. The number of fused-ring (bicyclic) bond motifs is 1. The number of nitrogens with two attached hydrogens (primary N) is 1. The van der Waals surface area contributed by atoms with Crippen LogP contribution in [0.4, 0.5) is 5.82 Å². The molecule has 1 heterocycles. The van der Waals surface area contributed by atoms with Crippen molar-refractivity contribution in [1.82, 2.24) is 9.71 Å². The highest BCUT2D eigenvalue weighted by atomic mass is 32.2. The fraction of sp³-hybridized carbons (Fsp3) is 0.250. The first-order valence-electron chi connectivity index (χ1n) is 6.01. The van der Waals surface area contributed by atoms with E-state index in [0.29, 0.717) is 16.7 Å². The van der Waals surface area contributed by atoms with E-state index < -0.39 is 19.9 Å². The van der Waals surface area contributed by atoms with Crippen LogP contribution in [0.3, 0.4) is 0 Å². The van der Waals surface area contributed by atoms with Crippen LogP contribution in [-0.4, -0.2) is 40.4 Å². The highest BCUT2D eigenvalue weighted by molar-refractivity contribution is 7.91. The van der Waals surface area contributed by atoms with E-state index in [-0.39, 0.29) is 17.2 Å². The van der Waals surface area contributed by atoms with Crippen molar-refractivity contribution in [3.8, 4) is 0 Å². The van der Waals surface area contributed by atoms with Gasteiger partial charge in [-0.15, -0.1) is 0 Å². The topological polar surface area (TPSA) is 119 Å². The number of nitrogens with zero attached hydrogens (tertiary/aromatic N) is 1. The number of benzene rings is 1. The molecule has 7 nitrogen and oxygen atoms in total. The first-order chi connectivity index (χ1) is 9.67. The monoisotopic (exact) mass is 329 g/mol. The van der Waals surface area contributed by atoms with E-state index >= 15 is 0 Å². The molecule has 1 aromatic carbocycles. The average molecular weight is 329 g/mol. The number of sulfonamides is 1. The quantitative estimate of drug-likeness (QED) is 0.805. The molecule has 9 heteroatoms. The molecule has 0 bridgehead atoms. The maximum Gasteiger partial charge on any atom is 0.240 e. The van der Waals surface area contributed by atoms with Crippen LogP contribution in [-0.2, 0) is 19.9 Å². The van der Waals surface area contributed by atoms with Crippen LogP contribution < -0.4 is 10.5 Å². The van der Waals surface area contributed by atoms with Crippen molar-refractivity contribution in [2.45, 2.75) is 4.90 Å². The van der Waals surface area contributed by atoms with Crippen LogP contribution in [0.5, 0.6) is 0 Å². The average Bonchev–Trinajstić information content (AvgIpc) is 2.36. The van der Waals surface area contributed by atoms with E-state index in [1.54, 1.807) is 18.2 Å². The molecule has 21 heavy (non-hydrogen) atoms. The van der Waals surface area contributed by atoms with E-state index in [9.17, 15) is 16.8 Å². The Balaban J connectivity index is 2.26. The van der Waals surface area contributed by atoms with E-state index in [1.165, 1.54) is 12.1 Å². The summed E-state index contributed by atoms with van der Waals surface area (Å²) in [6, 6.07) is 7.67. The fourth-order valence-corrected chi connectivity index (χ4v) is 3.40. The molecule has 0 amide bonds. The number of aromatic nitrogens is 1. The number of anilines is 1. The molecule has 114 valence electrons. The maximum absolute atomic E-state index is 12.1. The number of pyridine rings is 1. The van der Waals surface area contributed by atoms with E-state index in [1.807, 2.05) is 0 Å². The number of sulfone groups is 1. The van der Waals surface area contributed by atoms with E-state index in [2.05, 4.69) is 9.71 Å². The van der Waals surface area contributed by atoms with Gasteiger partial charge in [-0.3, -0.25) is 0 Å². The third-order valence-electron chi connectivity index (χ3n) is 2.76. The van der Waals surface area contributed by atoms with Gasteiger partial charge in [0.25, 0.3) is 0 Å². The van der Waals surface area contributed by atoms with Crippen LogP contribution in [0.25, 0.3) is 10.9 Å². The summed E-state index contributed by atoms with van der Waals surface area (Å²) in [5, 5.41) is 0.634. The number of hydrogen-bond acceptors (Lipinski definition) is 6. The Morgan fingerprint density at radius 2 is 1.86 bits per heavy atom. The minimum atomic E-state index is -3.76. The van der Waals surface area contributed by atoms with Gasteiger partial charge in [-0.25, -0.2) is 26.5 Å². The largest absolute Gasteiger partial charge is 0.384 e. The zero-order valence-electron chi connectivity index (χ0n) is 11.3. The Morgan fingerprint density at radius 1 is 1.14 bits per heavy atom. The second kappa shape index (κ2) is 5.58. The van der Waals surface area contributed by atoms with Gasteiger partial charge in [0, 0.05) is 18.2 Å². The Morgan fingerprint density at radius 3 is 2.52 bits per heavy atom. The lowest BCUT2D eigenvalue weighted by Gasteiger charge is -2.07. The lowest BCUT2D eigenvalue weighted by molar-refractivity contribution is 0.582. The first kappa shape index (κ1) is 15.7. The van der Waals surface area contributed by atoms with Gasteiger partial charge in [0.15, 0.2) is 0 Å². The molecule has 3 N–H and O–H groups in total. The second-order valence-corrected chi connectivity index (χ2v) is 8.64. The van der Waals surface area contributed by atoms with Crippen molar-refractivity contribution in [1.29, 1.82) is 0 Å². The van der Waals surface area contributed by atoms with E-state index in [0.717, 1.165) is 6.26 Å². The normalized spacial score (nSPS) is 12.6. The Kier molecular flexibility index (Phi) is 4.17. The Labute approximate surface area is 123 Å². The van der Waals surface area contributed by atoms with Crippen molar-refractivity contribution in [3.05, 3.63) is 30.3 Å².